The van der Waals surface area contributed by atoms with Crippen molar-refractivity contribution in [1.82, 2.24) is 29.9 Å². The molecule has 0 radical (unpaired) electrons. The fraction of sp³-hybridized carbons (Fsp3) is 0.346. The fourth-order valence-electron chi connectivity index (χ4n) is 4.44. The number of hydrogen-bond donors (Lipinski definition) is 1. The smallest absolute Gasteiger partial charge is 0.228 e. The summed E-state index contributed by atoms with van der Waals surface area (Å²) in [5.41, 5.74) is 5.93. The van der Waals surface area contributed by atoms with Crippen molar-refractivity contribution < 1.29 is 4.79 Å². The van der Waals surface area contributed by atoms with E-state index < -0.39 is 0 Å². The molecule has 5 heterocycles. The van der Waals surface area contributed by atoms with E-state index in [1.807, 2.05) is 53.1 Å². The predicted molar refractivity (Wildman–Crippen MR) is 132 cm³/mol. The van der Waals surface area contributed by atoms with Crippen LogP contribution in [0.1, 0.15) is 49.7 Å². The molecule has 4 aromatic rings. The van der Waals surface area contributed by atoms with Crippen LogP contribution in [-0.4, -0.2) is 50.1 Å². The van der Waals surface area contributed by atoms with Gasteiger partial charge in [-0.25, -0.2) is 14.5 Å². The normalized spacial score (nSPS) is 16.5. The number of nitrogens with one attached hydrogen (secondary N) is 1. The molecule has 1 aliphatic rings. The number of fused-ring (bicyclic) bond motifs is 1. The minimum absolute atomic E-state index is 0.131. The van der Waals surface area contributed by atoms with Crippen LogP contribution in [0.4, 0.5) is 5.69 Å². The summed E-state index contributed by atoms with van der Waals surface area (Å²) in [7, 11) is 1.90. The van der Waals surface area contributed by atoms with Crippen LogP contribution in [0.2, 0.25) is 0 Å². The molecule has 0 aromatic carbocycles. The van der Waals surface area contributed by atoms with Gasteiger partial charge < -0.3 is 10.2 Å². The fourth-order valence-corrected chi connectivity index (χ4v) is 4.44. The first-order chi connectivity index (χ1) is 16.5. The van der Waals surface area contributed by atoms with Crippen molar-refractivity contribution in [3.63, 3.8) is 0 Å². The highest BCUT2D eigenvalue weighted by Gasteiger charge is 2.26. The Hall–Kier alpha value is -3.65. The lowest BCUT2D eigenvalue weighted by Crippen LogP contribution is -2.45. The Labute approximate surface area is 199 Å². The first-order valence-corrected chi connectivity index (χ1v) is 11.7. The van der Waals surface area contributed by atoms with Crippen molar-refractivity contribution in [1.29, 1.82) is 0 Å². The summed E-state index contributed by atoms with van der Waals surface area (Å²) in [6.07, 6.45) is 9.45. The van der Waals surface area contributed by atoms with E-state index in [2.05, 4.69) is 40.3 Å². The number of amides is 1. The summed E-state index contributed by atoms with van der Waals surface area (Å²) < 4.78 is 1.90. The van der Waals surface area contributed by atoms with Crippen LogP contribution >= 0.6 is 0 Å². The highest BCUT2D eigenvalue weighted by atomic mass is 16.2. The Bertz CT molecular complexity index is 1310. The van der Waals surface area contributed by atoms with Gasteiger partial charge in [0.1, 0.15) is 5.82 Å². The van der Waals surface area contributed by atoms with Gasteiger partial charge >= 0.3 is 0 Å². The van der Waals surface area contributed by atoms with Crippen LogP contribution < -0.4 is 10.2 Å². The average Bonchev–Trinajstić information content (AvgIpc) is 3.28. The molecule has 1 N–H and O–H groups in total. The molecular weight excluding hydrogens is 426 g/mol. The Balaban J connectivity index is 1.33. The highest BCUT2D eigenvalue weighted by Crippen LogP contribution is 2.25. The number of carbonyl (C=O) groups excluding carboxylic acids is 1. The highest BCUT2D eigenvalue weighted by molar-refractivity contribution is 5.94. The summed E-state index contributed by atoms with van der Waals surface area (Å²) in [6.45, 7) is 5.05. The molecule has 1 atom stereocenters. The second-order valence-electron chi connectivity index (χ2n) is 9.07. The van der Waals surface area contributed by atoms with E-state index in [9.17, 15) is 4.79 Å². The maximum Gasteiger partial charge on any atom is 0.228 e. The average molecular weight is 456 g/mol. The predicted octanol–water partition coefficient (Wildman–Crippen LogP) is 3.62. The van der Waals surface area contributed by atoms with E-state index in [0.29, 0.717) is 31.1 Å². The topological polar surface area (TPSA) is 88.3 Å². The van der Waals surface area contributed by atoms with Crippen LogP contribution in [-0.2, 0) is 11.2 Å². The SMILES string of the molecule is CNC1CCN(c2ccc(Cc3nccc(-c4ccn5ncc(C(C)C)c5c4)n3)nc2)C(=O)C1. The Morgan fingerprint density at radius 3 is 2.76 bits per heavy atom. The zero-order chi connectivity index (χ0) is 23.7. The number of aromatic nitrogens is 5. The number of rotatable bonds is 6. The van der Waals surface area contributed by atoms with Gasteiger partial charge in [0, 0.05) is 48.2 Å². The summed E-state index contributed by atoms with van der Waals surface area (Å²) in [5, 5.41) is 7.64. The van der Waals surface area contributed by atoms with Crippen molar-refractivity contribution in [2.75, 3.05) is 18.5 Å². The van der Waals surface area contributed by atoms with Gasteiger partial charge in [0.2, 0.25) is 5.91 Å². The summed E-state index contributed by atoms with van der Waals surface area (Å²) in [4.78, 5) is 28.1. The molecule has 1 saturated heterocycles. The van der Waals surface area contributed by atoms with Crippen LogP contribution in [0.25, 0.3) is 16.8 Å². The van der Waals surface area contributed by atoms with Gasteiger partial charge in [0.05, 0.1) is 35.7 Å². The van der Waals surface area contributed by atoms with Gasteiger partial charge in [-0.3, -0.25) is 9.78 Å². The van der Waals surface area contributed by atoms with Gasteiger partial charge in [-0.05, 0) is 49.7 Å². The van der Waals surface area contributed by atoms with Crippen LogP contribution in [0.15, 0.2) is 55.1 Å². The van der Waals surface area contributed by atoms with Gasteiger partial charge in [0.15, 0.2) is 0 Å². The zero-order valence-electron chi connectivity index (χ0n) is 19.8. The molecule has 5 rings (SSSR count). The second-order valence-corrected chi connectivity index (χ2v) is 9.07. The number of carbonyl (C=O) groups is 1. The lowest BCUT2D eigenvalue weighted by molar-refractivity contribution is -0.120. The molecule has 1 fully saturated rings. The third-order valence-electron chi connectivity index (χ3n) is 6.47. The number of pyridine rings is 2. The number of hydrogen-bond acceptors (Lipinski definition) is 6. The second kappa shape index (κ2) is 9.30. The van der Waals surface area contributed by atoms with Crippen LogP contribution in [0.5, 0.6) is 0 Å². The van der Waals surface area contributed by atoms with E-state index in [-0.39, 0.29) is 11.9 Å². The van der Waals surface area contributed by atoms with Crippen molar-refractivity contribution >= 4 is 17.1 Å². The van der Waals surface area contributed by atoms with Crippen molar-refractivity contribution in [3.05, 3.63) is 72.2 Å². The molecule has 174 valence electrons. The van der Waals surface area contributed by atoms with Crippen LogP contribution in [0.3, 0.4) is 0 Å². The Morgan fingerprint density at radius 2 is 2.03 bits per heavy atom. The third-order valence-corrected chi connectivity index (χ3v) is 6.47. The van der Waals surface area contributed by atoms with E-state index in [0.717, 1.165) is 34.6 Å². The van der Waals surface area contributed by atoms with Crippen LogP contribution in [0, 0.1) is 0 Å². The van der Waals surface area contributed by atoms with E-state index in [4.69, 9.17) is 4.98 Å². The Kier molecular flexibility index (Phi) is 6.06. The number of piperidine rings is 1. The molecule has 34 heavy (non-hydrogen) atoms. The van der Waals surface area contributed by atoms with E-state index in [1.165, 1.54) is 5.56 Å². The Morgan fingerprint density at radius 1 is 1.15 bits per heavy atom. The minimum atomic E-state index is 0.131. The maximum absolute atomic E-state index is 12.5. The standard InChI is InChI=1S/C26H29N7O/c1-17(2)22-16-30-33-11-7-18(12-24(22)33)23-6-9-28-25(31-23)13-20-4-5-21(15-29-20)32-10-8-19(27-3)14-26(32)34/h4-7,9,11-12,15-17,19,27H,8,10,13-14H2,1-3H3. The molecule has 8 nitrogen and oxygen atoms in total. The monoisotopic (exact) mass is 455 g/mol. The zero-order valence-corrected chi connectivity index (χ0v) is 19.8. The largest absolute Gasteiger partial charge is 0.316 e. The molecule has 0 bridgehead atoms. The van der Waals surface area contributed by atoms with Gasteiger partial charge in [-0.2, -0.15) is 5.10 Å². The molecule has 4 aromatic heterocycles. The first kappa shape index (κ1) is 22.2. The quantitative estimate of drug-likeness (QED) is 0.478. The van der Waals surface area contributed by atoms with E-state index >= 15 is 0 Å². The molecule has 0 aliphatic carbocycles. The maximum atomic E-state index is 12.5. The molecule has 1 amide bonds. The van der Waals surface area contributed by atoms with Crippen molar-refractivity contribution in [2.45, 2.75) is 45.1 Å². The van der Waals surface area contributed by atoms with Gasteiger partial charge in [0.25, 0.3) is 0 Å². The first-order valence-electron chi connectivity index (χ1n) is 11.7. The summed E-state index contributed by atoms with van der Waals surface area (Å²) >= 11 is 0. The molecule has 1 unspecified atom stereocenters. The summed E-state index contributed by atoms with van der Waals surface area (Å²) in [5.74, 6) is 1.24. The summed E-state index contributed by atoms with van der Waals surface area (Å²) in [6, 6.07) is 10.3. The third kappa shape index (κ3) is 4.41. The van der Waals surface area contributed by atoms with Gasteiger partial charge in [-0.1, -0.05) is 13.8 Å². The number of anilines is 1. The molecule has 0 saturated carbocycles. The minimum Gasteiger partial charge on any atom is -0.316 e. The van der Waals surface area contributed by atoms with Crippen molar-refractivity contribution in [2.24, 2.45) is 0 Å². The molecule has 1 aliphatic heterocycles. The van der Waals surface area contributed by atoms with E-state index in [1.54, 1.807) is 12.4 Å². The number of nitrogens with zero attached hydrogens (tertiary/aromatic N) is 6. The lowest BCUT2D eigenvalue weighted by Gasteiger charge is -2.31. The molecule has 8 heteroatoms. The molecule has 0 spiro atoms. The van der Waals surface area contributed by atoms with Gasteiger partial charge in [-0.15, -0.1) is 0 Å². The lowest BCUT2D eigenvalue weighted by atomic mass is 10.0. The molecular formula is C26H29N7O. The van der Waals surface area contributed by atoms with Crippen molar-refractivity contribution in [3.8, 4) is 11.3 Å².